The molecule has 0 spiro atoms. The minimum absolute atomic E-state index is 0.0436. The van der Waals surface area contributed by atoms with Gasteiger partial charge in [-0.25, -0.2) is 0 Å². The predicted molar refractivity (Wildman–Crippen MR) is 124 cm³/mol. The van der Waals surface area contributed by atoms with Gasteiger partial charge in [0.15, 0.2) is 0 Å². The Morgan fingerprint density at radius 3 is 2.61 bits per heavy atom. The maximum Gasteiger partial charge on any atom is 0.258 e. The third kappa shape index (κ3) is 5.34. The van der Waals surface area contributed by atoms with Crippen LogP contribution in [0.2, 0.25) is 5.02 Å². The number of ether oxygens (including phenoxy) is 1. The van der Waals surface area contributed by atoms with Crippen molar-refractivity contribution in [2.45, 2.75) is 19.4 Å². The molecule has 2 aromatic carbocycles. The van der Waals surface area contributed by atoms with Gasteiger partial charge >= 0.3 is 0 Å². The van der Waals surface area contributed by atoms with E-state index in [1.807, 2.05) is 48.7 Å². The molecule has 1 aromatic heterocycles. The van der Waals surface area contributed by atoms with Gasteiger partial charge < -0.3 is 14.6 Å². The van der Waals surface area contributed by atoms with E-state index >= 15 is 0 Å². The summed E-state index contributed by atoms with van der Waals surface area (Å²) in [7, 11) is 0. The minimum atomic E-state index is -0.107. The number of hydrogen-bond acceptors (Lipinski definition) is 4. The zero-order valence-electron chi connectivity index (χ0n) is 17.4. The van der Waals surface area contributed by atoms with Gasteiger partial charge in [0.05, 0.1) is 13.2 Å². The Morgan fingerprint density at radius 1 is 1.00 bits per heavy atom. The maximum absolute atomic E-state index is 13.0. The van der Waals surface area contributed by atoms with Gasteiger partial charge in [0.1, 0.15) is 0 Å². The van der Waals surface area contributed by atoms with Gasteiger partial charge in [-0.1, -0.05) is 35.9 Å². The molecular weight excluding hydrogens is 414 g/mol. The lowest BCUT2D eigenvalue weighted by molar-refractivity contribution is -0.116. The second-order valence-corrected chi connectivity index (χ2v) is 8.08. The fourth-order valence-corrected chi connectivity index (χ4v) is 4.07. The molecule has 0 unspecified atom stereocenters. The monoisotopic (exact) mass is 439 g/mol. The number of fused-ring (bicyclic) bond motifs is 1. The largest absolute Gasteiger partial charge is 0.379 e. The Bertz CT molecular complexity index is 1120. The van der Waals surface area contributed by atoms with Crippen LogP contribution in [0.4, 0.5) is 5.69 Å². The van der Waals surface area contributed by atoms with Crippen LogP contribution in [0.5, 0.6) is 0 Å². The van der Waals surface area contributed by atoms with Crippen molar-refractivity contribution in [3.63, 3.8) is 0 Å². The Kier molecular flexibility index (Phi) is 7.02. The zero-order chi connectivity index (χ0) is 21.6. The zero-order valence-corrected chi connectivity index (χ0v) is 18.1. The van der Waals surface area contributed by atoms with Crippen LogP contribution in [0.3, 0.4) is 0 Å². The first-order chi connectivity index (χ1) is 15.1. The summed E-state index contributed by atoms with van der Waals surface area (Å²) in [5.74, 6) is -0.107. The van der Waals surface area contributed by atoms with Gasteiger partial charge in [-0.3, -0.25) is 14.5 Å². The van der Waals surface area contributed by atoms with Crippen molar-refractivity contribution in [2.24, 2.45) is 0 Å². The third-order valence-corrected chi connectivity index (χ3v) is 6.00. The number of hydrogen-bond donors (Lipinski definition) is 1. The number of nitrogens with zero attached hydrogens (tertiary/aromatic N) is 2. The minimum Gasteiger partial charge on any atom is -0.379 e. The van der Waals surface area contributed by atoms with Gasteiger partial charge in [0.2, 0.25) is 5.91 Å². The number of nitrogens with one attached hydrogen (secondary N) is 1. The quantitative estimate of drug-likeness (QED) is 0.611. The molecule has 0 aliphatic carbocycles. The van der Waals surface area contributed by atoms with Crippen LogP contribution in [-0.2, 0) is 22.5 Å². The van der Waals surface area contributed by atoms with Crippen LogP contribution in [0.15, 0.2) is 59.5 Å². The number of aryl methyl sites for hydroxylation is 1. The molecule has 6 nitrogen and oxygen atoms in total. The van der Waals surface area contributed by atoms with Crippen LogP contribution in [0.25, 0.3) is 10.8 Å². The number of pyridine rings is 1. The summed E-state index contributed by atoms with van der Waals surface area (Å²) in [5, 5.41) is 4.97. The summed E-state index contributed by atoms with van der Waals surface area (Å²) >= 11 is 6.18. The van der Waals surface area contributed by atoms with Gasteiger partial charge in [-0.2, -0.15) is 0 Å². The number of rotatable bonds is 7. The van der Waals surface area contributed by atoms with E-state index in [2.05, 4.69) is 10.2 Å². The SMILES string of the molecule is O=C(CCc1ccccc1Cl)Nc1cccc2c(=O)n(CCN3CCOCC3)ccc12. The van der Waals surface area contributed by atoms with Gasteiger partial charge in [-0.05, 0) is 36.2 Å². The van der Waals surface area contributed by atoms with E-state index in [0.29, 0.717) is 35.5 Å². The highest BCUT2D eigenvalue weighted by molar-refractivity contribution is 6.31. The number of aromatic nitrogens is 1. The van der Waals surface area contributed by atoms with Gasteiger partial charge in [0, 0.05) is 60.3 Å². The summed E-state index contributed by atoms with van der Waals surface area (Å²) in [6.07, 6.45) is 2.69. The normalized spacial score (nSPS) is 14.6. The van der Waals surface area contributed by atoms with Crippen LogP contribution in [-0.4, -0.2) is 48.2 Å². The number of amides is 1. The highest BCUT2D eigenvalue weighted by Crippen LogP contribution is 2.22. The number of anilines is 1. The van der Waals surface area contributed by atoms with E-state index in [9.17, 15) is 9.59 Å². The summed E-state index contributed by atoms with van der Waals surface area (Å²) in [6, 6.07) is 14.9. The summed E-state index contributed by atoms with van der Waals surface area (Å²) in [6.45, 7) is 4.72. The molecule has 1 N–H and O–H groups in total. The summed E-state index contributed by atoms with van der Waals surface area (Å²) in [5.41, 5.74) is 1.55. The smallest absolute Gasteiger partial charge is 0.258 e. The molecule has 0 radical (unpaired) electrons. The molecule has 0 saturated carbocycles. The second kappa shape index (κ2) is 10.1. The van der Waals surface area contributed by atoms with E-state index in [1.54, 1.807) is 10.6 Å². The molecule has 162 valence electrons. The van der Waals surface area contributed by atoms with Gasteiger partial charge in [-0.15, -0.1) is 0 Å². The number of morpholine rings is 1. The van der Waals surface area contributed by atoms with Crippen LogP contribution in [0.1, 0.15) is 12.0 Å². The molecule has 1 fully saturated rings. The first kappa shape index (κ1) is 21.6. The fraction of sp³-hybridized carbons (Fsp3) is 0.333. The lowest BCUT2D eigenvalue weighted by Crippen LogP contribution is -2.39. The fourth-order valence-electron chi connectivity index (χ4n) is 3.84. The first-order valence-corrected chi connectivity index (χ1v) is 10.9. The Morgan fingerprint density at radius 2 is 1.81 bits per heavy atom. The summed E-state index contributed by atoms with van der Waals surface area (Å²) in [4.78, 5) is 27.8. The average molecular weight is 440 g/mol. The van der Waals surface area contributed by atoms with Crippen molar-refractivity contribution in [2.75, 3.05) is 38.2 Å². The van der Waals surface area contributed by atoms with Crippen molar-refractivity contribution in [3.8, 4) is 0 Å². The predicted octanol–water partition coefficient (Wildman–Crippen LogP) is 3.56. The molecular formula is C24H26ClN3O3. The number of carbonyl (C=O) groups is 1. The molecule has 2 heterocycles. The van der Waals surface area contributed by atoms with E-state index in [4.69, 9.17) is 16.3 Å². The van der Waals surface area contributed by atoms with E-state index in [0.717, 1.165) is 43.8 Å². The number of benzene rings is 2. The third-order valence-electron chi connectivity index (χ3n) is 5.63. The molecule has 1 aliphatic rings. The van der Waals surface area contributed by atoms with Gasteiger partial charge in [0.25, 0.3) is 5.56 Å². The molecule has 1 saturated heterocycles. The maximum atomic E-state index is 13.0. The second-order valence-electron chi connectivity index (χ2n) is 7.67. The van der Waals surface area contributed by atoms with E-state index in [1.165, 1.54) is 0 Å². The number of halogens is 1. The molecule has 31 heavy (non-hydrogen) atoms. The van der Waals surface area contributed by atoms with Crippen molar-refractivity contribution < 1.29 is 9.53 Å². The Balaban J connectivity index is 1.44. The topological polar surface area (TPSA) is 63.6 Å². The molecule has 0 atom stereocenters. The molecule has 3 aromatic rings. The van der Waals surface area contributed by atoms with Crippen LogP contribution >= 0.6 is 11.6 Å². The highest BCUT2D eigenvalue weighted by atomic mass is 35.5. The number of carbonyl (C=O) groups excluding carboxylic acids is 1. The molecule has 4 rings (SSSR count). The van der Waals surface area contributed by atoms with Crippen molar-refractivity contribution in [1.29, 1.82) is 0 Å². The van der Waals surface area contributed by atoms with Crippen molar-refractivity contribution in [1.82, 2.24) is 9.47 Å². The summed E-state index contributed by atoms with van der Waals surface area (Å²) < 4.78 is 7.11. The van der Waals surface area contributed by atoms with E-state index in [-0.39, 0.29) is 11.5 Å². The van der Waals surface area contributed by atoms with Crippen molar-refractivity contribution in [3.05, 3.63) is 75.7 Å². The Hall–Kier alpha value is -2.67. The molecule has 1 aliphatic heterocycles. The lowest BCUT2D eigenvalue weighted by atomic mass is 10.1. The first-order valence-electron chi connectivity index (χ1n) is 10.6. The average Bonchev–Trinajstić information content (AvgIpc) is 2.79. The highest BCUT2D eigenvalue weighted by Gasteiger charge is 2.13. The van der Waals surface area contributed by atoms with Crippen LogP contribution < -0.4 is 10.9 Å². The van der Waals surface area contributed by atoms with E-state index < -0.39 is 0 Å². The Labute approximate surface area is 186 Å². The van der Waals surface area contributed by atoms with Crippen LogP contribution in [0, 0.1) is 0 Å². The molecule has 7 heteroatoms. The molecule has 1 amide bonds. The lowest BCUT2D eigenvalue weighted by Gasteiger charge is -2.26. The molecule has 0 bridgehead atoms. The van der Waals surface area contributed by atoms with Crippen molar-refractivity contribution >= 4 is 34.0 Å². The standard InChI is InChI=1S/C24H26ClN3O3/c25-21-6-2-1-4-18(21)8-9-23(29)26-22-7-3-5-20-19(22)10-11-28(24(20)30)13-12-27-14-16-31-17-15-27/h1-7,10-11H,8-9,12-17H2,(H,26,29).